The van der Waals surface area contributed by atoms with Gasteiger partial charge < -0.3 is 5.32 Å². The van der Waals surface area contributed by atoms with Crippen LogP contribution in [0.1, 0.15) is 12.5 Å². The molecule has 1 aromatic rings. The number of sulfone groups is 1. The Morgan fingerprint density at radius 2 is 2.00 bits per heavy atom. The zero-order chi connectivity index (χ0) is 15.2. The zero-order valence-electron chi connectivity index (χ0n) is 11.3. The van der Waals surface area contributed by atoms with E-state index in [4.69, 9.17) is 0 Å². The van der Waals surface area contributed by atoms with Crippen molar-refractivity contribution in [3.8, 4) is 0 Å². The Bertz CT molecular complexity index is 567. The Morgan fingerprint density at radius 1 is 1.40 bits per heavy atom. The summed E-state index contributed by atoms with van der Waals surface area (Å²) in [6, 6.07) is 5.93. The van der Waals surface area contributed by atoms with Crippen molar-refractivity contribution in [1.29, 1.82) is 0 Å². The summed E-state index contributed by atoms with van der Waals surface area (Å²) in [6.07, 6.45) is 1.78. The molecule has 0 spiro atoms. The van der Waals surface area contributed by atoms with E-state index in [0.29, 0.717) is 13.0 Å². The average Bonchev–Trinajstić information content (AvgIpc) is 2.40. The van der Waals surface area contributed by atoms with Gasteiger partial charge in [0.05, 0.1) is 5.75 Å². The first kappa shape index (κ1) is 16.4. The molecule has 0 bridgehead atoms. The molecule has 1 unspecified atom stereocenters. The van der Waals surface area contributed by atoms with Crippen LogP contribution >= 0.6 is 0 Å². The molecule has 1 N–H and O–H groups in total. The first-order chi connectivity index (χ1) is 9.36. The van der Waals surface area contributed by atoms with Crippen LogP contribution in [0.15, 0.2) is 36.9 Å². The number of halogens is 1. The summed E-state index contributed by atoms with van der Waals surface area (Å²) in [5.41, 5.74) is 0.869. The monoisotopic (exact) mass is 299 g/mol. The van der Waals surface area contributed by atoms with E-state index in [1.807, 2.05) is 0 Å². The number of nitrogens with one attached hydrogen (secondary N) is 1. The van der Waals surface area contributed by atoms with Crippen LogP contribution in [0.4, 0.5) is 4.39 Å². The minimum Gasteiger partial charge on any atom is -0.355 e. The molecule has 0 saturated heterocycles. The third-order valence-corrected chi connectivity index (χ3v) is 4.88. The predicted octanol–water partition coefficient (Wildman–Crippen LogP) is 1.47. The largest absolute Gasteiger partial charge is 0.355 e. The quantitative estimate of drug-likeness (QED) is 0.776. The van der Waals surface area contributed by atoms with E-state index < -0.39 is 21.0 Å². The highest BCUT2D eigenvalue weighted by molar-refractivity contribution is 7.92. The van der Waals surface area contributed by atoms with Crippen LogP contribution in [0.2, 0.25) is 0 Å². The Labute approximate surface area is 118 Å². The SMILES string of the molecule is C=CCS(=O)(=O)C(C)C(=O)NCCc1ccc(F)cc1. The molecule has 1 aromatic carbocycles. The number of amides is 1. The van der Waals surface area contributed by atoms with Gasteiger partial charge in [-0.3, -0.25) is 4.79 Å². The van der Waals surface area contributed by atoms with Crippen molar-refractivity contribution in [2.45, 2.75) is 18.6 Å². The van der Waals surface area contributed by atoms with Gasteiger partial charge in [-0.05, 0) is 31.0 Å². The van der Waals surface area contributed by atoms with E-state index in [-0.39, 0.29) is 11.6 Å². The lowest BCUT2D eigenvalue weighted by Crippen LogP contribution is -2.39. The molecule has 20 heavy (non-hydrogen) atoms. The first-order valence-corrected chi connectivity index (χ1v) is 7.93. The highest BCUT2D eigenvalue weighted by Gasteiger charge is 2.26. The van der Waals surface area contributed by atoms with Gasteiger partial charge in [-0.2, -0.15) is 0 Å². The summed E-state index contributed by atoms with van der Waals surface area (Å²) in [7, 11) is -3.49. The summed E-state index contributed by atoms with van der Waals surface area (Å²) in [5, 5.41) is 1.46. The third-order valence-electron chi connectivity index (χ3n) is 2.88. The molecule has 0 heterocycles. The highest BCUT2D eigenvalue weighted by Crippen LogP contribution is 2.04. The van der Waals surface area contributed by atoms with Crippen LogP contribution in [0.3, 0.4) is 0 Å². The number of carbonyl (C=O) groups excluding carboxylic acids is 1. The second-order valence-corrected chi connectivity index (χ2v) is 6.79. The third kappa shape index (κ3) is 4.77. The second kappa shape index (κ2) is 7.19. The minimum atomic E-state index is -3.49. The van der Waals surface area contributed by atoms with E-state index in [9.17, 15) is 17.6 Å². The summed E-state index contributed by atoms with van der Waals surface area (Å²) in [5.74, 6) is -1.07. The molecule has 1 rings (SSSR count). The van der Waals surface area contributed by atoms with Crippen LogP contribution in [-0.2, 0) is 21.1 Å². The molecule has 0 aromatic heterocycles. The van der Waals surface area contributed by atoms with Gasteiger partial charge in [-0.1, -0.05) is 18.2 Å². The molecule has 110 valence electrons. The smallest absolute Gasteiger partial charge is 0.238 e. The van der Waals surface area contributed by atoms with Gasteiger partial charge in [0.25, 0.3) is 0 Å². The lowest BCUT2D eigenvalue weighted by molar-refractivity contribution is -0.120. The van der Waals surface area contributed by atoms with Crippen molar-refractivity contribution in [3.05, 3.63) is 48.3 Å². The fourth-order valence-corrected chi connectivity index (χ4v) is 2.62. The first-order valence-electron chi connectivity index (χ1n) is 6.21. The summed E-state index contributed by atoms with van der Waals surface area (Å²) >= 11 is 0. The second-order valence-electron chi connectivity index (χ2n) is 4.43. The zero-order valence-corrected chi connectivity index (χ0v) is 12.1. The van der Waals surface area contributed by atoms with Crippen LogP contribution in [0.5, 0.6) is 0 Å². The molecule has 4 nitrogen and oxygen atoms in total. The molecule has 0 fully saturated rings. The van der Waals surface area contributed by atoms with Gasteiger partial charge in [-0.15, -0.1) is 6.58 Å². The standard InChI is InChI=1S/C14H18FNO3S/c1-3-10-20(18,19)11(2)14(17)16-9-8-12-4-6-13(15)7-5-12/h3-7,11H,1,8-10H2,2H3,(H,16,17). The van der Waals surface area contributed by atoms with E-state index in [2.05, 4.69) is 11.9 Å². The lowest BCUT2D eigenvalue weighted by Gasteiger charge is -2.12. The van der Waals surface area contributed by atoms with Gasteiger partial charge in [0.15, 0.2) is 9.84 Å². The molecule has 0 saturated carbocycles. The molecule has 1 amide bonds. The Morgan fingerprint density at radius 3 is 2.55 bits per heavy atom. The molecular formula is C14H18FNO3S. The van der Waals surface area contributed by atoms with Crippen molar-refractivity contribution in [1.82, 2.24) is 5.32 Å². The van der Waals surface area contributed by atoms with Crippen molar-refractivity contribution < 1.29 is 17.6 Å². The molecule has 0 aliphatic carbocycles. The molecule has 0 aliphatic rings. The normalized spacial score (nSPS) is 12.7. The van der Waals surface area contributed by atoms with Crippen LogP contribution in [0.25, 0.3) is 0 Å². The molecule has 0 aliphatic heterocycles. The van der Waals surface area contributed by atoms with Gasteiger partial charge >= 0.3 is 0 Å². The average molecular weight is 299 g/mol. The predicted molar refractivity (Wildman–Crippen MR) is 76.6 cm³/mol. The fraction of sp³-hybridized carbons (Fsp3) is 0.357. The van der Waals surface area contributed by atoms with Crippen LogP contribution < -0.4 is 5.32 Å². The van der Waals surface area contributed by atoms with E-state index in [1.165, 1.54) is 25.1 Å². The van der Waals surface area contributed by atoms with E-state index >= 15 is 0 Å². The maximum absolute atomic E-state index is 12.7. The summed E-state index contributed by atoms with van der Waals surface area (Å²) < 4.78 is 36.0. The van der Waals surface area contributed by atoms with Gasteiger partial charge in [0.1, 0.15) is 11.1 Å². The topological polar surface area (TPSA) is 63.2 Å². The van der Waals surface area contributed by atoms with Gasteiger partial charge in [-0.25, -0.2) is 12.8 Å². The minimum absolute atomic E-state index is 0.223. The number of benzene rings is 1. The van der Waals surface area contributed by atoms with Gasteiger partial charge in [0, 0.05) is 6.54 Å². The maximum atomic E-state index is 12.7. The van der Waals surface area contributed by atoms with Gasteiger partial charge in [0.2, 0.25) is 5.91 Å². The van der Waals surface area contributed by atoms with E-state index in [0.717, 1.165) is 5.56 Å². The number of rotatable bonds is 7. The van der Waals surface area contributed by atoms with Crippen molar-refractivity contribution in [3.63, 3.8) is 0 Å². The van der Waals surface area contributed by atoms with Crippen molar-refractivity contribution in [2.75, 3.05) is 12.3 Å². The fourth-order valence-electron chi connectivity index (χ4n) is 1.60. The van der Waals surface area contributed by atoms with E-state index in [1.54, 1.807) is 12.1 Å². The lowest BCUT2D eigenvalue weighted by atomic mass is 10.1. The number of carbonyl (C=O) groups is 1. The Hall–Kier alpha value is -1.69. The molecular weight excluding hydrogens is 281 g/mol. The van der Waals surface area contributed by atoms with Crippen LogP contribution in [0, 0.1) is 5.82 Å². The van der Waals surface area contributed by atoms with Crippen LogP contribution in [-0.4, -0.2) is 31.9 Å². The summed E-state index contributed by atoms with van der Waals surface area (Å²) in [4.78, 5) is 11.7. The molecule has 0 radical (unpaired) electrons. The maximum Gasteiger partial charge on any atom is 0.238 e. The number of hydrogen-bond donors (Lipinski definition) is 1. The summed E-state index contributed by atoms with van der Waals surface area (Å²) in [6.45, 7) is 5.01. The van der Waals surface area contributed by atoms with Crippen molar-refractivity contribution in [2.24, 2.45) is 0 Å². The molecule has 1 atom stereocenters. The molecule has 6 heteroatoms. The highest BCUT2D eigenvalue weighted by atomic mass is 32.2. The Kier molecular flexibility index (Phi) is 5.88. The Balaban J connectivity index is 2.47. The number of hydrogen-bond acceptors (Lipinski definition) is 3. The van der Waals surface area contributed by atoms with Crippen molar-refractivity contribution >= 4 is 15.7 Å².